The van der Waals surface area contributed by atoms with Gasteiger partial charge in [-0.1, -0.05) is 19.4 Å². The number of nitrogens with zero attached hydrogens (tertiary/aromatic N) is 2. The summed E-state index contributed by atoms with van der Waals surface area (Å²) in [5.41, 5.74) is 0. The predicted octanol–water partition coefficient (Wildman–Crippen LogP) is -6.19. The third-order valence-corrected chi connectivity index (χ3v) is 2.01. The van der Waals surface area contributed by atoms with Crippen molar-refractivity contribution in [2.24, 2.45) is 0 Å². The molecule has 0 aromatic carbocycles. The van der Waals surface area contributed by atoms with Gasteiger partial charge in [-0.25, -0.2) is 0 Å². The molecule has 0 unspecified atom stereocenters. The SMILES string of the molecule is C=CCN1C=CN(CCCC)C1.OB(O)O.OB(O)O.OB(O)O.OB(O)O. The van der Waals surface area contributed by atoms with Crippen LogP contribution in [0.3, 0.4) is 0 Å². The first-order valence-corrected chi connectivity index (χ1v) is 7.74. The largest absolute Gasteiger partial charge is 0.631 e. The molecule has 0 aromatic rings. The van der Waals surface area contributed by atoms with Gasteiger partial charge < -0.3 is 70.1 Å². The molecule has 1 aliphatic heterocycles. The maximum absolute atomic E-state index is 7.17. The van der Waals surface area contributed by atoms with Crippen molar-refractivity contribution < 1.29 is 60.3 Å². The molecule has 0 aromatic heterocycles. The Morgan fingerprint density at radius 2 is 1.07 bits per heavy atom. The second-order valence-corrected chi connectivity index (χ2v) is 4.55. The molecule has 0 saturated heterocycles. The van der Waals surface area contributed by atoms with Crippen molar-refractivity contribution in [2.45, 2.75) is 19.8 Å². The molecule has 1 rings (SSSR count). The quantitative estimate of drug-likeness (QED) is 0.148. The lowest BCUT2D eigenvalue weighted by Crippen LogP contribution is -2.25. The summed E-state index contributed by atoms with van der Waals surface area (Å²) in [5, 5.41) is 86.0. The first-order valence-electron chi connectivity index (χ1n) is 7.74. The highest BCUT2D eigenvalue weighted by Gasteiger charge is 2.08. The topological polar surface area (TPSA) is 249 Å². The first kappa shape index (κ1) is 34.4. The van der Waals surface area contributed by atoms with Crippen LogP contribution in [0.15, 0.2) is 25.1 Å². The Kier molecular flexibility index (Phi) is 31.7. The Morgan fingerprint density at radius 3 is 1.36 bits per heavy atom. The van der Waals surface area contributed by atoms with E-state index in [0.717, 1.165) is 13.2 Å². The lowest BCUT2D eigenvalue weighted by Gasteiger charge is -2.19. The highest BCUT2D eigenvalue weighted by molar-refractivity contribution is 6.31. The minimum Gasteiger partial charge on any atom is -0.402 e. The Balaban J connectivity index is -0.000000150. The van der Waals surface area contributed by atoms with Crippen LogP contribution in [0.5, 0.6) is 0 Å². The minimum atomic E-state index is -2.17. The molecule has 18 heteroatoms. The molecular formula is C10H30B4N2O12. The summed E-state index contributed by atoms with van der Waals surface area (Å²) >= 11 is 0. The van der Waals surface area contributed by atoms with Crippen LogP contribution in [0.2, 0.25) is 0 Å². The van der Waals surface area contributed by atoms with Gasteiger partial charge in [0.05, 0.1) is 6.67 Å². The lowest BCUT2D eigenvalue weighted by molar-refractivity contribution is 0.276. The molecule has 0 fully saturated rings. The lowest BCUT2D eigenvalue weighted by atomic mass is 10.3. The van der Waals surface area contributed by atoms with E-state index in [9.17, 15) is 0 Å². The van der Waals surface area contributed by atoms with E-state index in [1.54, 1.807) is 0 Å². The van der Waals surface area contributed by atoms with E-state index in [2.05, 4.69) is 35.7 Å². The van der Waals surface area contributed by atoms with Crippen molar-refractivity contribution in [3.8, 4) is 0 Å². The van der Waals surface area contributed by atoms with Crippen LogP contribution in [0.1, 0.15) is 19.8 Å². The molecule has 0 aliphatic carbocycles. The van der Waals surface area contributed by atoms with Gasteiger partial charge in [-0.05, 0) is 6.42 Å². The summed E-state index contributed by atoms with van der Waals surface area (Å²) in [7, 11) is -8.67. The van der Waals surface area contributed by atoms with Crippen LogP contribution in [0, 0.1) is 0 Å². The third-order valence-electron chi connectivity index (χ3n) is 2.01. The first-order chi connectivity index (χ1) is 12.8. The van der Waals surface area contributed by atoms with E-state index in [-0.39, 0.29) is 0 Å². The summed E-state index contributed by atoms with van der Waals surface area (Å²) in [6.07, 6.45) is 8.79. The molecule has 0 atom stereocenters. The molecule has 12 N–H and O–H groups in total. The zero-order chi connectivity index (χ0) is 23.1. The molecule has 164 valence electrons. The van der Waals surface area contributed by atoms with Crippen LogP contribution in [0.25, 0.3) is 0 Å². The smallest absolute Gasteiger partial charge is 0.402 e. The Bertz CT molecular complexity index is 307. The Hall–Kier alpha value is -1.14. The number of unbranched alkanes of at least 4 members (excludes halogenated alkanes) is 1. The minimum absolute atomic E-state index is 0.957. The number of hydrogen-bond acceptors (Lipinski definition) is 14. The van der Waals surface area contributed by atoms with Gasteiger partial charge in [0.2, 0.25) is 0 Å². The third kappa shape index (κ3) is 64.1. The van der Waals surface area contributed by atoms with Crippen LogP contribution < -0.4 is 0 Å². The molecule has 1 heterocycles. The second-order valence-electron chi connectivity index (χ2n) is 4.55. The molecule has 0 amide bonds. The van der Waals surface area contributed by atoms with Gasteiger partial charge in [0, 0.05) is 25.5 Å². The van der Waals surface area contributed by atoms with Crippen LogP contribution in [-0.4, -0.2) is 119 Å². The Morgan fingerprint density at radius 1 is 0.750 bits per heavy atom. The summed E-state index contributed by atoms with van der Waals surface area (Å²) < 4.78 is 0. The zero-order valence-electron chi connectivity index (χ0n) is 15.5. The Labute approximate surface area is 164 Å². The number of hydrogen-bond donors (Lipinski definition) is 12. The van der Waals surface area contributed by atoms with Gasteiger partial charge in [-0.15, -0.1) is 6.58 Å². The molecule has 0 bridgehead atoms. The van der Waals surface area contributed by atoms with Gasteiger partial charge in [-0.2, -0.15) is 0 Å². The van der Waals surface area contributed by atoms with Gasteiger partial charge >= 0.3 is 29.3 Å². The van der Waals surface area contributed by atoms with E-state index in [1.165, 1.54) is 19.4 Å². The highest BCUT2D eigenvalue weighted by atomic mass is 16.5. The molecule has 1 aliphatic rings. The van der Waals surface area contributed by atoms with E-state index in [0.29, 0.717) is 0 Å². The fourth-order valence-electron chi connectivity index (χ4n) is 1.31. The van der Waals surface area contributed by atoms with Crippen molar-refractivity contribution in [1.82, 2.24) is 9.80 Å². The average molecular weight is 414 g/mol. The molecule has 0 spiro atoms. The van der Waals surface area contributed by atoms with E-state index >= 15 is 0 Å². The van der Waals surface area contributed by atoms with Gasteiger partial charge in [0.25, 0.3) is 0 Å². The summed E-state index contributed by atoms with van der Waals surface area (Å²) in [6.45, 7) is 9.11. The van der Waals surface area contributed by atoms with E-state index in [4.69, 9.17) is 60.3 Å². The van der Waals surface area contributed by atoms with Crippen molar-refractivity contribution >= 4 is 29.3 Å². The molecular weight excluding hydrogens is 383 g/mol. The van der Waals surface area contributed by atoms with Crippen LogP contribution >= 0.6 is 0 Å². The zero-order valence-corrected chi connectivity index (χ0v) is 15.5. The summed E-state index contributed by atoms with van der Waals surface area (Å²) in [4.78, 5) is 4.59. The standard InChI is InChI=1S/C10H18N2.4BH3O3/c1-3-5-7-12-9-8-11(10-12)6-4-2;4*2-1(3)4/h4,8-9H,2-3,5-7,10H2,1H3;4*2-4H. The fourth-order valence-corrected chi connectivity index (χ4v) is 1.31. The molecule has 0 saturated carbocycles. The maximum Gasteiger partial charge on any atom is 0.631 e. The van der Waals surface area contributed by atoms with Gasteiger partial charge in [0.1, 0.15) is 0 Å². The van der Waals surface area contributed by atoms with Gasteiger partial charge in [-0.3, -0.25) is 0 Å². The highest BCUT2D eigenvalue weighted by Crippen LogP contribution is 2.06. The molecule has 28 heavy (non-hydrogen) atoms. The monoisotopic (exact) mass is 414 g/mol. The van der Waals surface area contributed by atoms with Gasteiger partial charge in [0.15, 0.2) is 0 Å². The predicted molar refractivity (Wildman–Crippen MR) is 102 cm³/mol. The van der Waals surface area contributed by atoms with Crippen LogP contribution in [0.4, 0.5) is 0 Å². The summed E-state index contributed by atoms with van der Waals surface area (Å²) in [6, 6.07) is 0. The van der Waals surface area contributed by atoms with Crippen molar-refractivity contribution in [2.75, 3.05) is 19.8 Å². The normalized spacial score (nSPS) is 10.6. The fraction of sp³-hybridized carbons (Fsp3) is 0.600. The summed E-state index contributed by atoms with van der Waals surface area (Å²) in [5.74, 6) is 0. The average Bonchev–Trinajstić information content (AvgIpc) is 2.91. The van der Waals surface area contributed by atoms with Crippen molar-refractivity contribution in [3.63, 3.8) is 0 Å². The van der Waals surface area contributed by atoms with Crippen LogP contribution in [-0.2, 0) is 0 Å². The van der Waals surface area contributed by atoms with Crippen molar-refractivity contribution in [3.05, 3.63) is 25.1 Å². The van der Waals surface area contributed by atoms with E-state index < -0.39 is 29.3 Å². The van der Waals surface area contributed by atoms with E-state index in [1.807, 2.05) is 6.08 Å². The molecule has 0 radical (unpaired) electrons. The molecule has 14 nitrogen and oxygen atoms in total. The maximum atomic E-state index is 7.17. The second kappa shape index (κ2) is 25.9. The van der Waals surface area contributed by atoms with Crippen molar-refractivity contribution in [1.29, 1.82) is 0 Å². The number of rotatable bonds is 5.